The van der Waals surface area contributed by atoms with E-state index in [0.29, 0.717) is 31.2 Å². The highest BCUT2D eigenvalue weighted by atomic mass is 16.5. The average Bonchev–Trinajstić information content (AvgIpc) is 3.15. The largest absolute Gasteiger partial charge is 0.465 e. The third kappa shape index (κ3) is 3.60. The molecule has 0 N–H and O–H groups in total. The van der Waals surface area contributed by atoms with Crippen LogP contribution in [0.4, 0.5) is 0 Å². The van der Waals surface area contributed by atoms with Gasteiger partial charge in [-0.2, -0.15) is 4.98 Å². The number of aromatic nitrogens is 3. The van der Waals surface area contributed by atoms with Crippen LogP contribution in [0.25, 0.3) is 11.4 Å². The van der Waals surface area contributed by atoms with E-state index in [1.165, 1.54) is 0 Å². The highest BCUT2D eigenvalue weighted by Crippen LogP contribution is 2.44. The molecule has 1 aliphatic rings. The van der Waals surface area contributed by atoms with Crippen LogP contribution in [-0.2, 0) is 21.4 Å². The Morgan fingerprint density at radius 2 is 2.00 bits per heavy atom. The van der Waals surface area contributed by atoms with Crippen molar-refractivity contribution in [2.24, 2.45) is 0 Å². The summed E-state index contributed by atoms with van der Waals surface area (Å²) in [4.78, 5) is 21.1. The minimum atomic E-state index is -0.459. The molecule has 6 nitrogen and oxygen atoms in total. The molecule has 1 fully saturated rings. The minimum absolute atomic E-state index is 0.124. The highest BCUT2D eigenvalue weighted by Gasteiger charge is 2.46. The van der Waals surface area contributed by atoms with E-state index in [4.69, 9.17) is 9.26 Å². The summed E-state index contributed by atoms with van der Waals surface area (Å²) in [6.07, 6.45) is 7.37. The molecule has 0 amide bonds. The first-order chi connectivity index (χ1) is 13.3. The molecule has 0 atom stereocenters. The van der Waals surface area contributed by atoms with Crippen molar-refractivity contribution in [1.29, 1.82) is 0 Å². The van der Waals surface area contributed by atoms with E-state index in [2.05, 4.69) is 15.1 Å². The van der Waals surface area contributed by atoms with Crippen molar-refractivity contribution in [2.45, 2.75) is 37.5 Å². The lowest BCUT2D eigenvalue weighted by molar-refractivity contribution is -0.154. The normalized spacial score (nSPS) is 15.1. The van der Waals surface area contributed by atoms with E-state index in [9.17, 15) is 4.79 Å². The molecule has 4 rings (SSSR count). The first-order valence-electron chi connectivity index (χ1n) is 9.24. The Bertz CT molecular complexity index is 889. The number of benzene rings is 1. The zero-order valence-corrected chi connectivity index (χ0v) is 15.0. The molecule has 0 bridgehead atoms. The molecular formula is C21H21N3O3. The van der Waals surface area contributed by atoms with Crippen LogP contribution in [0.2, 0.25) is 0 Å². The van der Waals surface area contributed by atoms with E-state index in [1.807, 2.05) is 42.5 Å². The second kappa shape index (κ2) is 7.70. The van der Waals surface area contributed by atoms with Crippen LogP contribution in [-0.4, -0.2) is 27.7 Å². The third-order valence-corrected chi connectivity index (χ3v) is 5.08. The smallest absolute Gasteiger partial charge is 0.316 e. The Hall–Kier alpha value is -3.02. The second-order valence-corrected chi connectivity index (χ2v) is 6.79. The number of nitrogens with zero attached hydrogens (tertiary/aromatic N) is 3. The van der Waals surface area contributed by atoms with Gasteiger partial charge in [-0.1, -0.05) is 41.9 Å². The van der Waals surface area contributed by atoms with Crippen LogP contribution in [0, 0.1) is 0 Å². The average molecular weight is 363 g/mol. The molecule has 138 valence electrons. The number of carbonyl (C=O) groups excluding carboxylic acids is 1. The number of hydrogen-bond acceptors (Lipinski definition) is 6. The molecule has 3 aromatic rings. The van der Waals surface area contributed by atoms with Gasteiger partial charge in [0.1, 0.15) is 0 Å². The van der Waals surface area contributed by atoms with Gasteiger partial charge in [-0.05, 0) is 37.0 Å². The van der Waals surface area contributed by atoms with Gasteiger partial charge in [0.15, 0.2) is 0 Å². The van der Waals surface area contributed by atoms with Crippen molar-refractivity contribution in [3.8, 4) is 11.4 Å². The fourth-order valence-corrected chi connectivity index (χ4v) is 3.39. The molecule has 0 unspecified atom stereocenters. The Kier molecular flexibility index (Phi) is 4.96. The van der Waals surface area contributed by atoms with Gasteiger partial charge in [0.2, 0.25) is 11.7 Å². The predicted molar refractivity (Wildman–Crippen MR) is 98.8 cm³/mol. The van der Waals surface area contributed by atoms with Crippen LogP contribution in [0.1, 0.15) is 37.1 Å². The first-order valence-corrected chi connectivity index (χ1v) is 9.24. The van der Waals surface area contributed by atoms with Gasteiger partial charge in [0, 0.05) is 24.4 Å². The Morgan fingerprint density at radius 3 is 2.70 bits per heavy atom. The number of carbonyl (C=O) groups is 1. The van der Waals surface area contributed by atoms with Crippen molar-refractivity contribution in [2.75, 3.05) is 6.61 Å². The maximum Gasteiger partial charge on any atom is 0.316 e. The second-order valence-electron chi connectivity index (χ2n) is 6.79. The fourth-order valence-electron chi connectivity index (χ4n) is 3.39. The molecule has 1 saturated carbocycles. The molecule has 1 aliphatic carbocycles. The van der Waals surface area contributed by atoms with Crippen LogP contribution in [0.3, 0.4) is 0 Å². The molecule has 0 saturated heterocycles. The molecule has 0 spiro atoms. The zero-order chi connectivity index (χ0) is 18.5. The number of pyridine rings is 1. The van der Waals surface area contributed by atoms with Gasteiger partial charge < -0.3 is 9.26 Å². The summed E-state index contributed by atoms with van der Waals surface area (Å²) in [6, 6.07) is 13.6. The maximum atomic E-state index is 12.7. The maximum absolute atomic E-state index is 12.7. The number of ether oxygens (including phenoxy) is 1. The monoisotopic (exact) mass is 363 g/mol. The molecule has 27 heavy (non-hydrogen) atoms. The van der Waals surface area contributed by atoms with Gasteiger partial charge in [-0.3, -0.25) is 9.78 Å². The number of rotatable bonds is 7. The van der Waals surface area contributed by atoms with E-state index in [-0.39, 0.29) is 5.97 Å². The van der Waals surface area contributed by atoms with Crippen molar-refractivity contribution in [1.82, 2.24) is 15.1 Å². The Labute approximate surface area is 157 Å². The van der Waals surface area contributed by atoms with Crippen LogP contribution >= 0.6 is 0 Å². The van der Waals surface area contributed by atoms with E-state index >= 15 is 0 Å². The summed E-state index contributed by atoms with van der Waals surface area (Å²) in [7, 11) is 0. The molecular weight excluding hydrogens is 342 g/mol. The van der Waals surface area contributed by atoms with Crippen molar-refractivity contribution in [3.63, 3.8) is 0 Å². The van der Waals surface area contributed by atoms with Gasteiger partial charge in [0.05, 0.1) is 12.0 Å². The lowest BCUT2D eigenvalue weighted by atomic mass is 9.64. The number of esters is 1. The Morgan fingerprint density at radius 1 is 1.15 bits per heavy atom. The van der Waals surface area contributed by atoms with E-state index in [1.54, 1.807) is 12.4 Å². The Balaban J connectivity index is 1.29. The molecule has 2 aromatic heterocycles. The minimum Gasteiger partial charge on any atom is -0.465 e. The fraction of sp³-hybridized carbons (Fsp3) is 0.333. The van der Waals surface area contributed by atoms with Gasteiger partial charge >= 0.3 is 5.97 Å². The molecule has 2 heterocycles. The summed E-state index contributed by atoms with van der Waals surface area (Å²) in [5.41, 5.74) is 1.41. The lowest BCUT2D eigenvalue weighted by Gasteiger charge is -2.39. The lowest BCUT2D eigenvalue weighted by Crippen LogP contribution is -2.43. The standard InChI is InChI=1S/C21H21N3O3/c25-20(21(11-6-12-21)17-8-2-1-3-9-17)26-14-5-10-18-23-19(24-27-18)16-7-4-13-22-15-16/h1-4,7-9,13,15H,5-6,10-12,14H2. The summed E-state index contributed by atoms with van der Waals surface area (Å²) >= 11 is 0. The summed E-state index contributed by atoms with van der Waals surface area (Å²) in [5, 5.41) is 3.97. The first kappa shape index (κ1) is 17.4. The van der Waals surface area contributed by atoms with Gasteiger partial charge in [0.25, 0.3) is 0 Å². The summed E-state index contributed by atoms with van der Waals surface area (Å²) in [6.45, 7) is 0.345. The number of aryl methyl sites for hydroxylation is 1. The summed E-state index contributed by atoms with van der Waals surface area (Å²) in [5.74, 6) is 0.931. The molecule has 0 radical (unpaired) electrons. The topological polar surface area (TPSA) is 78.1 Å². The van der Waals surface area contributed by atoms with Crippen LogP contribution < -0.4 is 0 Å². The van der Waals surface area contributed by atoms with Gasteiger partial charge in [-0.25, -0.2) is 0 Å². The third-order valence-electron chi connectivity index (χ3n) is 5.08. The zero-order valence-electron chi connectivity index (χ0n) is 15.0. The molecule has 0 aliphatic heterocycles. The quantitative estimate of drug-likeness (QED) is 0.470. The van der Waals surface area contributed by atoms with Crippen molar-refractivity contribution < 1.29 is 14.1 Å². The van der Waals surface area contributed by atoms with E-state index < -0.39 is 5.41 Å². The summed E-state index contributed by atoms with van der Waals surface area (Å²) < 4.78 is 10.8. The van der Waals surface area contributed by atoms with Crippen molar-refractivity contribution in [3.05, 3.63) is 66.3 Å². The SMILES string of the molecule is O=C(OCCCc1nc(-c2cccnc2)no1)C1(c2ccccc2)CCC1. The van der Waals surface area contributed by atoms with Gasteiger partial charge in [-0.15, -0.1) is 0 Å². The highest BCUT2D eigenvalue weighted by molar-refractivity contribution is 5.84. The number of hydrogen-bond donors (Lipinski definition) is 0. The molecule has 1 aromatic carbocycles. The van der Waals surface area contributed by atoms with Crippen LogP contribution in [0.15, 0.2) is 59.4 Å². The van der Waals surface area contributed by atoms with Crippen molar-refractivity contribution >= 4 is 5.97 Å². The molecule has 6 heteroatoms. The van der Waals surface area contributed by atoms with Crippen LogP contribution in [0.5, 0.6) is 0 Å². The van der Waals surface area contributed by atoms with E-state index in [0.717, 1.165) is 30.4 Å². The predicted octanol–water partition coefficient (Wildman–Crippen LogP) is 3.73.